The number of nitrogens with zero attached hydrogens (tertiary/aromatic N) is 5. The van der Waals surface area contributed by atoms with Crippen LogP contribution in [0.4, 0.5) is 15.8 Å². The summed E-state index contributed by atoms with van der Waals surface area (Å²) in [6, 6.07) is 11.7. The monoisotopic (exact) mass is 431 g/mol. The fraction of sp³-hybridized carbons (Fsp3) is 0.360. The average molecular weight is 432 g/mol. The highest BCUT2D eigenvalue weighted by Crippen LogP contribution is 2.42. The molecule has 1 aliphatic heterocycles. The van der Waals surface area contributed by atoms with Crippen molar-refractivity contribution in [2.24, 2.45) is 0 Å². The third-order valence-electron chi connectivity index (χ3n) is 6.49. The molecular weight excluding hydrogens is 405 g/mol. The van der Waals surface area contributed by atoms with Crippen molar-refractivity contribution >= 4 is 33.3 Å². The molecule has 1 aliphatic rings. The molecule has 0 spiro atoms. The van der Waals surface area contributed by atoms with E-state index in [9.17, 15) is 9.50 Å². The van der Waals surface area contributed by atoms with Gasteiger partial charge in [-0.2, -0.15) is 0 Å². The second-order valence-corrected chi connectivity index (χ2v) is 8.29. The summed E-state index contributed by atoms with van der Waals surface area (Å²) >= 11 is 0. The molecule has 6 nitrogen and oxygen atoms in total. The van der Waals surface area contributed by atoms with Crippen molar-refractivity contribution < 1.29 is 9.50 Å². The number of rotatable bonds is 6. The minimum Gasteiger partial charge on any atom is -0.396 e. The number of aliphatic hydroxyl groups excluding tert-OH is 1. The first kappa shape index (κ1) is 20.5. The lowest BCUT2D eigenvalue weighted by Crippen LogP contribution is -2.36. The van der Waals surface area contributed by atoms with Gasteiger partial charge in [0, 0.05) is 31.6 Å². The Morgan fingerprint density at radius 2 is 2.06 bits per heavy atom. The predicted octanol–water partition coefficient (Wildman–Crippen LogP) is 5.52. The lowest BCUT2D eigenvalue weighted by Gasteiger charge is -2.36. The first-order valence-corrected chi connectivity index (χ1v) is 11.2. The summed E-state index contributed by atoms with van der Waals surface area (Å²) in [4.78, 5) is 10.6. The molecule has 3 heterocycles. The van der Waals surface area contributed by atoms with Crippen LogP contribution in [0.2, 0.25) is 0 Å². The van der Waals surface area contributed by atoms with Crippen LogP contribution in [-0.2, 0) is 6.54 Å². The van der Waals surface area contributed by atoms with Crippen LogP contribution in [0.1, 0.15) is 32.7 Å². The minimum absolute atomic E-state index is 0.175. The van der Waals surface area contributed by atoms with Gasteiger partial charge in [-0.3, -0.25) is 0 Å². The summed E-state index contributed by atoms with van der Waals surface area (Å²) in [5, 5.41) is 10.5. The molecule has 2 aromatic heterocycles. The van der Waals surface area contributed by atoms with Gasteiger partial charge in [-0.05, 0) is 44.0 Å². The summed E-state index contributed by atoms with van der Waals surface area (Å²) in [7, 11) is 0. The number of para-hydroxylation sites is 1. The molecule has 2 aromatic carbocycles. The second-order valence-electron chi connectivity index (χ2n) is 8.29. The van der Waals surface area contributed by atoms with Crippen LogP contribution in [0.5, 0.6) is 0 Å². The van der Waals surface area contributed by atoms with Gasteiger partial charge in [0.15, 0.2) is 11.5 Å². The van der Waals surface area contributed by atoms with Gasteiger partial charge in [0.05, 0.1) is 35.0 Å². The molecule has 0 radical (unpaired) electrons. The Hall–Kier alpha value is -3.37. The summed E-state index contributed by atoms with van der Waals surface area (Å²) in [5.41, 5.74) is 4.52. The van der Waals surface area contributed by atoms with Crippen molar-refractivity contribution in [2.75, 3.05) is 24.6 Å². The van der Waals surface area contributed by atoms with E-state index in [2.05, 4.69) is 45.5 Å². The maximum absolute atomic E-state index is 14.9. The molecule has 0 saturated heterocycles. The van der Waals surface area contributed by atoms with Gasteiger partial charge >= 0.3 is 0 Å². The van der Waals surface area contributed by atoms with E-state index < -0.39 is 5.82 Å². The van der Waals surface area contributed by atoms with Crippen molar-refractivity contribution in [3.05, 3.63) is 53.6 Å². The molecule has 32 heavy (non-hydrogen) atoms. The molecule has 0 aliphatic carbocycles. The SMILES string of the molecule is [C-]#[N+]c1cc(F)c2c(c1)nc(-c1cc3cccc4c3n1C(CC)CN4CCCO)n2CC. The van der Waals surface area contributed by atoms with Crippen LogP contribution in [0.15, 0.2) is 36.4 Å². The van der Waals surface area contributed by atoms with Gasteiger partial charge in [0.1, 0.15) is 11.3 Å². The smallest absolute Gasteiger partial charge is 0.192 e. The van der Waals surface area contributed by atoms with E-state index in [1.807, 2.05) is 11.5 Å². The average Bonchev–Trinajstić information content (AvgIpc) is 3.38. The van der Waals surface area contributed by atoms with Crippen LogP contribution in [0.3, 0.4) is 0 Å². The number of halogens is 1. The molecule has 1 atom stereocenters. The zero-order chi connectivity index (χ0) is 22.4. The first-order chi connectivity index (χ1) is 15.6. The molecule has 164 valence electrons. The number of imidazole rings is 1. The summed E-state index contributed by atoms with van der Waals surface area (Å²) in [6.45, 7) is 13.9. The highest BCUT2D eigenvalue weighted by molar-refractivity contribution is 5.97. The largest absolute Gasteiger partial charge is 0.396 e. The number of aryl methyl sites for hydroxylation is 1. The summed E-state index contributed by atoms with van der Waals surface area (Å²) < 4.78 is 19.2. The van der Waals surface area contributed by atoms with Gasteiger partial charge in [-0.25, -0.2) is 14.2 Å². The lowest BCUT2D eigenvalue weighted by molar-refractivity contribution is 0.288. The maximum Gasteiger partial charge on any atom is 0.192 e. The number of hydrogen-bond donors (Lipinski definition) is 1. The molecule has 1 N–H and O–H groups in total. The summed E-state index contributed by atoms with van der Waals surface area (Å²) in [6.07, 6.45) is 1.68. The van der Waals surface area contributed by atoms with E-state index in [-0.39, 0.29) is 18.3 Å². The number of fused-ring (bicyclic) bond motifs is 1. The van der Waals surface area contributed by atoms with Crippen LogP contribution >= 0.6 is 0 Å². The summed E-state index contributed by atoms with van der Waals surface area (Å²) in [5.74, 6) is 0.319. The van der Waals surface area contributed by atoms with Crippen LogP contribution in [0, 0.1) is 12.4 Å². The van der Waals surface area contributed by atoms with Gasteiger partial charge in [0.2, 0.25) is 0 Å². The van der Waals surface area contributed by atoms with Gasteiger partial charge < -0.3 is 19.1 Å². The van der Waals surface area contributed by atoms with Crippen LogP contribution < -0.4 is 4.90 Å². The fourth-order valence-electron chi connectivity index (χ4n) is 5.06. The maximum atomic E-state index is 14.9. The molecule has 0 saturated carbocycles. The molecule has 0 bridgehead atoms. The topological polar surface area (TPSA) is 50.6 Å². The molecule has 0 fully saturated rings. The van der Waals surface area contributed by atoms with E-state index in [1.165, 1.54) is 6.07 Å². The van der Waals surface area contributed by atoms with Gasteiger partial charge in [-0.15, -0.1) is 0 Å². The first-order valence-electron chi connectivity index (χ1n) is 11.2. The Bertz CT molecular complexity index is 1360. The van der Waals surface area contributed by atoms with Crippen LogP contribution in [-0.4, -0.2) is 38.9 Å². The van der Waals surface area contributed by atoms with Crippen molar-refractivity contribution in [1.82, 2.24) is 14.1 Å². The van der Waals surface area contributed by atoms with Crippen molar-refractivity contribution in [3.63, 3.8) is 0 Å². The normalized spacial score (nSPS) is 15.6. The number of hydrogen-bond acceptors (Lipinski definition) is 3. The van der Waals surface area contributed by atoms with Gasteiger partial charge in [-0.1, -0.05) is 19.1 Å². The number of anilines is 1. The highest BCUT2D eigenvalue weighted by Gasteiger charge is 2.30. The second kappa shape index (κ2) is 7.95. The van der Waals surface area contributed by atoms with Crippen molar-refractivity contribution in [1.29, 1.82) is 0 Å². The third kappa shape index (κ3) is 2.98. The van der Waals surface area contributed by atoms with Crippen LogP contribution in [0.25, 0.3) is 38.3 Å². The molecule has 7 heteroatoms. The Morgan fingerprint density at radius 3 is 2.78 bits per heavy atom. The predicted molar refractivity (Wildman–Crippen MR) is 126 cm³/mol. The van der Waals surface area contributed by atoms with Crippen molar-refractivity contribution in [2.45, 2.75) is 39.3 Å². The van der Waals surface area contributed by atoms with E-state index in [1.54, 1.807) is 6.07 Å². The Kier molecular flexibility index (Phi) is 5.10. The van der Waals surface area contributed by atoms with Gasteiger partial charge in [0.25, 0.3) is 0 Å². The van der Waals surface area contributed by atoms with E-state index in [0.717, 1.165) is 54.0 Å². The Balaban J connectivity index is 1.79. The highest BCUT2D eigenvalue weighted by atomic mass is 19.1. The minimum atomic E-state index is -0.410. The Morgan fingerprint density at radius 1 is 1.22 bits per heavy atom. The quantitative estimate of drug-likeness (QED) is 0.409. The number of aliphatic hydroxyl groups is 1. The standard InChI is InChI=1S/C25H26FN5O/c1-4-18-15-29(10-7-11-32)21-9-6-8-16-12-22(31(18)23(16)21)25-28-20-14-17(27-3)13-19(26)24(20)30(25)5-2/h6,8-9,12-14,18,32H,4-5,7,10-11,15H2,1-2H3. The zero-order valence-corrected chi connectivity index (χ0v) is 18.3. The van der Waals surface area contributed by atoms with E-state index in [0.29, 0.717) is 17.6 Å². The molecule has 1 unspecified atom stereocenters. The van der Waals surface area contributed by atoms with E-state index >= 15 is 0 Å². The lowest BCUT2D eigenvalue weighted by atomic mass is 10.1. The van der Waals surface area contributed by atoms with Crippen molar-refractivity contribution in [3.8, 4) is 11.5 Å². The fourth-order valence-corrected chi connectivity index (χ4v) is 5.06. The number of benzene rings is 2. The number of aromatic nitrogens is 3. The molecule has 5 rings (SSSR count). The molecular formula is C25H26FN5O. The zero-order valence-electron chi connectivity index (χ0n) is 18.3. The third-order valence-corrected chi connectivity index (χ3v) is 6.49. The molecule has 0 amide bonds. The Labute approximate surface area is 186 Å². The van der Waals surface area contributed by atoms with E-state index in [4.69, 9.17) is 11.6 Å². The molecule has 4 aromatic rings.